The summed E-state index contributed by atoms with van der Waals surface area (Å²) in [4.78, 5) is 30.6. The molecule has 0 aromatic heterocycles. The maximum Gasteiger partial charge on any atom is 0.258 e. The van der Waals surface area contributed by atoms with Crippen LogP contribution < -0.4 is 10.1 Å². The summed E-state index contributed by atoms with van der Waals surface area (Å²) in [5, 5.41) is 13.0. The monoisotopic (exact) mass is 539 g/mol. The van der Waals surface area contributed by atoms with Crippen molar-refractivity contribution in [1.29, 1.82) is 0 Å². The number of fused-ring (bicyclic) bond motifs is 1. The summed E-state index contributed by atoms with van der Waals surface area (Å²) in [6, 6.07) is 14.3. The quantitative estimate of drug-likeness (QED) is 0.548. The molecule has 0 spiro atoms. The first-order valence-electron chi connectivity index (χ1n) is 14.0. The molecule has 0 saturated carbocycles. The van der Waals surface area contributed by atoms with Gasteiger partial charge in [0.1, 0.15) is 5.75 Å². The summed E-state index contributed by atoms with van der Waals surface area (Å²) < 4.78 is 12.6. The highest BCUT2D eigenvalue weighted by Gasteiger charge is 2.30. The number of hydrogen-bond donors (Lipinski definition) is 2. The molecule has 2 aromatic rings. The summed E-state index contributed by atoms with van der Waals surface area (Å²) in [5.74, 6) is 0.104. The second kappa shape index (κ2) is 15.0. The first-order valence-corrected chi connectivity index (χ1v) is 14.0. The van der Waals surface area contributed by atoms with Gasteiger partial charge in [0, 0.05) is 31.3 Å². The lowest BCUT2D eigenvalue weighted by Gasteiger charge is -2.35. The number of rotatable bonds is 7. The molecule has 0 radical (unpaired) electrons. The van der Waals surface area contributed by atoms with Crippen LogP contribution in [0.15, 0.2) is 48.5 Å². The van der Waals surface area contributed by atoms with Gasteiger partial charge < -0.3 is 29.7 Å². The Labute approximate surface area is 233 Å². The lowest BCUT2D eigenvalue weighted by atomic mass is 10.0. The van der Waals surface area contributed by atoms with Crippen molar-refractivity contribution in [3.63, 3.8) is 0 Å². The van der Waals surface area contributed by atoms with Gasteiger partial charge in [-0.15, -0.1) is 0 Å². The molecule has 8 heteroatoms. The molecule has 4 atom stereocenters. The molecule has 8 nitrogen and oxygen atoms in total. The minimum absolute atomic E-state index is 0.0327. The number of aliphatic hydroxyl groups excluding tert-OH is 1. The maximum atomic E-state index is 14.1. The van der Waals surface area contributed by atoms with Gasteiger partial charge in [-0.1, -0.05) is 37.3 Å². The van der Waals surface area contributed by atoms with Crippen molar-refractivity contribution in [2.75, 3.05) is 45.7 Å². The second-order valence-corrected chi connectivity index (χ2v) is 11.0. The Balaban J connectivity index is 1.93. The van der Waals surface area contributed by atoms with E-state index in [1.807, 2.05) is 58.3 Å². The van der Waals surface area contributed by atoms with E-state index in [4.69, 9.17) is 9.47 Å². The van der Waals surface area contributed by atoms with E-state index in [0.717, 1.165) is 31.4 Å². The van der Waals surface area contributed by atoms with E-state index in [9.17, 15) is 14.7 Å². The minimum Gasteiger partial charge on any atom is -0.490 e. The standard InChI is InChI=1S/C31H45N3O5/c1-22-19-34(23(2)21-35)31(37)27-18-26(32-30(36)17-25-12-7-6-8-13-25)14-15-28(27)39-24(3)11-9-10-16-38-29(22)20-33(4)5/h6-8,12-15,18,22-24,29,35H,9-11,16-17,19-21H2,1-5H3,(H,32,36)/t22-,23+,24-,29+/m0/s1. The van der Waals surface area contributed by atoms with Gasteiger partial charge in [-0.25, -0.2) is 0 Å². The summed E-state index contributed by atoms with van der Waals surface area (Å²) in [7, 11) is 4.03. The Bertz CT molecular complexity index is 1060. The summed E-state index contributed by atoms with van der Waals surface area (Å²) in [6.07, 6.45) is 2.79. The Morgan fingerprint density at radius 1 is 1.15 bits per heavy atom. The van der Waals surface area contributed by atoms with Crippen LogP contribution in [-0.2, 0) is 16.0 Å². The number of hydrogen-bond acceptors (Lipinski definition) is 6. The van der Waals surface area contributed by atoms with Crippen molar-refractivity contribution in [3.05, 3.63) is 59.7 Å². The highest BCUT2D eigenvalue weighted by Crippen LogP contribution is 2.28. The molecule has 1 heterocycles. The number of carbonyl (C=O) groups is 2. The molecular weight excluding hydrogens is 494 g/mol. The summed E-state index contributed by atoms with van der Waals surface area (Å²) >= 11 is 0. The Morgan fingerprint density at radius 2 is 1.90 bits per heavy atom. The third-order valence-corrected chi connectivity index (χ3v) is 7.09. The van der Waals surface area contributed by atoms with Gasteiger partial charge in [0.25, 0.3) is 5.91 Å². The van der Waals surface area contributed by atoms with Gasteiger partial charge in [0.2, 0.25) is 5.91 Å². The van der Waals surface area contributed by atoms with Gasteiger partial charge in [-0.3, -0.25) is 9.59 Å². The highest BCUT2D eigenvalue weighted by molar-refractivity contribution is 6.00. The third kappa shape index (κ3) is 9.34. The van der Waals surface area contributed by atoms with Crippen molar-refractivity contribution in [1.82, 2.24) is 9.80 Å². The smallest absolute Gasteiger partial charge is 0.258 e. The number of anilines is 1. The lowest BCUT2D eigenvalue weighted by Crippen LogP contribution is -2.47. The molecule has 1 aliphatic heterocycles. The fourth-order valence-electron chi connectivity index (χ4n) is 4.81. The van der Waals surface area contributed by atoms with Crippen LogP contribution in [0.2, 0.25) is 0 Å². The molecule has 214 valence electrons. The fourth-order valence-corrected chi connectivity index (χ4v) is 4.81. The zero-order valence-corrected chi connectivity index (χ0v) is 24.1. The normalized spacial score (nSPS) is 22.0. The zero-order chi connectivity index (χ0) is 28.4. The Hall–Kier alpha value is -2.94. The van der Waals surface area contributed by atoms with E-state index in [2.05, 4.69) is 17.1 Å². The van der Waals surface area contributed by atoms with Crippen molar-refractivity contribution in [2.24, 2.45) is 5.92 Å². The predicted molar refractivity (Wildman–Crippen MR) is 154 cm³/mol. The maximum absolute atomic E-state index is 14.1. The summed E-state index contributed by atoms with van der Waals surface area (Å²) in [5.41, 5.74) is 1.81. The Kier molecular flexibility index (Phi) is 11.8. The average Bonchev–Trinajstić information content (AvgIpc) is 2.90. The zero-order valence-electron chi connectivity index (χ0n) is 24.1. The molecule has 39 heavy (non-hydrogen) atoms. The number of benzene rings is 2. The number of likely N-dealkylation sites (N-methyl/N-ethyl adjacent to an activating group) is 1. The van der Waals surface area contributed by atoms with Crippen molar-refractivity contribution >= 4 is 17.5 Å². The van der Waals surface area contributed by atoms with E-state index >= 15 is 0 Å². The first kappa shape index (κ1) is 30.6. The number of carbonyl (C=O) groups excluding carboxylic acids is 2. The van der Waals surface area contributed by atoms with Crippen LogP contribution in [0, 0.1) is 5.92 Å². The number of nitrogens with zero attached hydrogens (tertiary/aromatic N) is 2. The van der Waals surface area contributed by atoms with Crippen LogP contribution >= 0.6 is 0 Å². The molecule has 2 N–H and O–H groups in total. The fraction of sp³-hybridized carbons (Fsp3) is 0.548. The van der Waals surface area contributed by atoms with Crippen LogP contribution in [0.1, 0.15) is 56.0 Å². The topological polar surface area (TPSA) is 91.3 Å². The van der Waals surface area contributed by atoms with E-state index in [0.29, 0.717) is 30.2 Å². The van der Waals surface area contributed by atoms with Gasteiger partial charge >= 0.3 is 0 Å². The highest BCUT2D eigenvalue weighted by atomic mass is 16.5. The molecule has 1 aliphatic rings. The SMILES string of the molecule is C[C@H](CO)N1C[C@H](C)[C@@H](CN(C)C)OCCCC[C@H](C)Oc2ccc(NC(=O)Cc3ccccc3)cc2C1=O. The van der Waals surface area contributed by atoms with Crippen LogP contribution in [0.5, 0.6) is 5.75 Å². The number of nitrogens with one attached hydrogen (secondary N) is 1. The van der Waals surface area contributed by atoms with Crippen molar-refractivity contribution in [2.45, 2.75) is 64.7 Å². The van der Waals surface area contributed by atoms with E-state index in [1.54, 1.807) is 23.1 Å². The third-order valence-electron chi connectivity index (χ3n) is 7.09. The molecule has 0 bridgehead atoms. The predicted octanol–water partition coefficient (Wildman–Crippen LogP) is 4.22. The molecule has 0 unspecified atom stereocenters. The molecule has 2 amide bonds. The van der Waals surface area contributed by atoms with E-state index in [-0.39, 0.29) is 43.0 Å². The van der Waals surface area contributed by atoms with Crippen molar-refractivity contribution in [3.8, 4) is 5.75 Å². The van der Waals surface area contributed by atoms with Crippen LogP contribution in [-0.4, -0.2) is 85.4 Å². The van der Waals surface area contributed by atoms with Gasteiger partial charge in [-0.05, 0) is 71.0 Å². The first-order chi connectivity index (χ1) is 18.7. The Morgan fingerprint density at radius 3 is 2.59 bits per heavy atom. The van der Waals surface area contributed by atoms with Gasteiger partial charge in [0.05, 0.1) is 36.8 Å². The largest absolute Gasteiger partial charge is 0.490 e. The van der Waals surface area contributed by atoms with Crippen LogP contribution in [0.4, 0.5) is 5.69 Å². The number of aliphatic hydroxyl groups is 1. The number of ether oxygens (including phenoxy) is 2. The molecule has 0 fully saturated rings. The molecule has 3 rings (SSSR count). The van der Waals surface area contributed by atoms with E-state index in [1.165, 1.54) is 0 Å². The van der Waals surface area contributed by atoms with Gasteiger partial charge in [-0.2, -0.15) is 0 Å². The number of amides is 2. The molecule has 0 aliphatic carbocycles. The second-order valence-electron chi connectivity index (χ2n) is 11.0. The lowest BCUT2D eigenvalue weighted by molar-refractivity contribution is -0.115. The van der Waals surface area contributed by atoms with E-state index < -0.39 is 6.04 Å². The van der Waals surface area contributed by atoms with Crippen LogP contribution in [0.25, 0.3) is 0 Å². The molecule has 2 aromatic carbocycles. The molecule has 0 saturated heterocycles. The van der Waals surface area contributed by atoms with Crippen molar-refractivity contribution < 1.29 is 24.2 Å². The van der Waals surface area contributed by atoms with Gasteiger partial charge in [0.15, 0.2) is 0 Å². The summed E-state index contributed by atoms with van der Waals surface area (Å²) in [6.45, 7) is 7.57. The molecular formula is C31H45N3O5. The minimum atomic E-state index is -0.408. The average molecular weight is 540 g/mol. The van der Waals surface area contributed by atoms with Crippen LogP contribution in [0.3, 0.4) is 0 Å².